The van der Waals surface area contributed by atoms with Crippen LogP contribution in [0.4, 0.5) is 0 Å². The van der Waals surface area contributed by atoms with Crippen molar-refractivity contribution in [3.05, 3.63) is 30.3 Å². The van der Waals surface area contributed by atoms with Crippen LogP contribution in [0.2, 0.25) is 0 Å². The van der Waals surface area contributed by atoms with E-state index in [1.165, 1.54) is 0 Å². The van der Waals surface area contributed by atoms with Crippen molar-refractivity contribution in [1.29, 1.82) is 0 Å². The molecule has 0 unspecified atom stereocenters. The molecule has 0 spiro atoms. The van der Waals surface area contributed by atoms with Crippen molar-refractivity contribution in [3.63, 3.8) is 0 Å². The van der Waals surface area contributed by atoms with E-state index in [2.05, 4.69) is 18.7 Å². The van der Waals surface area contributed by atoms with Gasteiger partial charge in [0.05, 0.1) is 5.60 Å². The fourth-order valence-corrected chi connectivity index (χ4v) is 2.77. The van der Waals surface area contributed by atoms with Crippen LogP contribution in [0, 0.1) is 0 Å². The maximum Gasteiger partial charge on any atom is 0.119 e. The smallest absolute Gasteiger partial charge is 0.119 e. The number of nitrogens with zero attached hydrogens (tertiary/aromatic N) is 1. The van der Waals surface area contributed by atoms with E-state index in [4.69, 9.17) is 4.74 Å². The summed E-state index contributed by atoms with van der Waals surface area (Å²) >= 11 is 0. The molecule has 20 heavy (non-hydrogen) atoms. The van der Waals surface area contributed by atoms with Crippen LogP contribution in [-0.2, 0) is 0 Å². The van der Waals surface area contributed by atoms with Gasteiger partial charge in [0.1, 0.15) is 11.9 Å². The highest BCUT2D eigenvalue weighted by Gasteiger charge is 2.28. The summed E-state index contributed by atoms with van der Waals surface area (Å²) in [4.78, 5) is 2.37. The number of piperidine rings is 1. The minimum absolute atomic E-state index is 0.310. The molecule has 1 aromatic carbocycles. The van der Waals surface area contributed by atoms with E-state index in [1.807, 2.05) is 30.3 Å². The Morgan fingerprint density at radius 1 is 1.15 bits per heavy atom. The Morgan fingerprint density at radius 3 is 2.30 bits per heavy atom. The Kier molecular flexibility index (Phi) is 5.44. The average Bonchev–Trinajstić information content (AvgIpc) is 2.50. The van der Waals surface area contributed by atoms with Gasteiger partial charge in [-0.05, 0) is 37.8 Å². The zero-order valence-corrected chi connectivity index (χ0v) is 12.7. The van der Waals surface area contributed by atoms with E-state index in [1.54, 1.807) is 0 Å². The second kappa shape index (κ2) is 7.09. The van der Waals surface area contributed by atoms with Crippen LogP contribution in [0.15, 0.2) is 30.3 Å². The molecule has 1 aliphatic rings. The van der Waals surface area contributed by atoms with Crippen molar-refractivity contribution in [3.8, 4) is 5.75 Å². The van der Waals surface area contributed by atoms with Crippen molar-refractivity contribution in [1.82, 2.24) is 4.90 Å². The highest BCUT2D eigenvalue weighted by molar-refractivity contribution is 5.21. The van der Waals surface area contributed by atoms with Crippen molar-refractivity contribution < 1.29 is 9.84 Å². The third-order valence-electron chi connectivity index (χ3n) is 4.41. The maximum atomic E-state index is 10.4. The number of para-hydroxylation sites is 1. The van der Waals surface area contributed by atoms with Crippen molar-refractivity contribution in [2.45, 2.75) is 51.2 Å². The number of benzene rings is 1. The zero-order chi connectivity index (χ0) is 14.4. The standard InChI is InChI=1S/C17H27NO2/c1-3-17(19,4-2)14-18-12-10-16(11-13-18)20-15-8-6-5-7-9-15/h5-9,16,19H,3-4,10-14H2,1-2H3. The van der Waals surface area contributed by atoms with Crippen LogP contribution in [0.5, 0.6) is 5.75 Å². The van der Waals surface area contributed by atoms with Crippen molar-refractivity contribution >= 4 is 0 Å². The van der Waals surface area contributed by atoms with Gasteiger partial charge in [-0.3, -0.25) is 0 Å². The maximum absolute atomic E-state index is 10.4. The van der Waals surface area contributed by atoms with Gasteiger partial charge in [0.25, 0.3) is 0 Å². The van der Waals surface area contributed by atoms with Gasteiger partial charge in [-0.1, -0.05) is 32.0 Å². The van der Waals surface area contributed by atoms with Gasteiger partial charge in [-0.15, -0.1) is 0 Å². The van der Waals surface area contributed by atoms with Gasteiger partial charge in [-0.2, -0.15) is 0 Å². The molecule has 0 atom stereocenters. The Hall–Kier alpha value is -1.06. The summed E-state index contributed by atoms with van der Waals surface area (Å²) in [7, 11) is 0. The molecule has 0 amide bonds. The Bertz CT molecular complexity index is 381. The predicted octanol–water partition coefficient (Wildman–Crippen LogP) is 3.08. The summed E-state index contributed by atoms with van der Waals surface area (Å²) in [5, 5.41) is 10.4. The molecule has 3 nitrogen and oxygen atoms in total. The highest BCUT2D eigenvalue weighted by Crippen LogP contribution is 2.22. The quantitative estimate of drug-likeness (QED) is 0.867. The molecule has 1 aliphatic heterocycles. The van der Waals surface area contributed by atoms with Crippen molar-refractivity contribution in [2.75, 3.05) is 19.6 Å². The summed E-state index contributed by atoms with van der Waals surface area (Å²) in [6, 6.07) is 10.0. The molecule has 2 rings (SSSR count). The Balaban J connectivity index is 1.78. The lowest BCUT2D eigenvalue weighted by atomic mass is 9.95. The van der Waals surface area contributed by atoms with Crippen LogP contribution in [0.25, 0.3) is 0 Å². The fraction of sp³-hybridized carbons (Fsp3) is 0.647. The first-order valence-corrected chi connectivity index (χ1v) is 7.81. The minimum atomic E-state index is -0.521. The molecule has 112 valence electrons. The molecule has 1 fully saturated rings. The molecule has 0 radical (unpaired) electrons. The fourth-order valence-electron chi connectivity index (χ4n) is 2.77. The topological polar surface area (TPSA) is 32.7 Å². The number of ether oxygens (including phenoxy) is 1. The SMILES string of the molecule is CCC(O)(CC)CN1CCC(Oc2ccccc2)CC1. The van der Waals surface area contributed by atoms with Crippen LogP contribution < -0.4 is 4.74 Å². The predicted molar refractivity (Wildman–Crippen MR) is 82.1 cm³/mol. The summed E-state index contributed by atoms with van der Waals surface area (Å²) in [5.74, 6) is 0.963. The van der Waals surface area contributed by atoms with Gasteiger partial charge in [0.2, 0.25) is 0 Å². The molecule has 1 heterocycles. The summed E-state index contributed by atoms with van der Waals surface area (Å²) in [6.07, 6.45) is 4.04. The molecule has 1 N–H and O–H groups in total. The largest absolute Gasteiger partial charge is 0.490 e. The average molecular weight is 277 g/mol. The van der Waals surface area contributed by atoms with E-state index in [0.29, 0.717) is 6.10 Å². The van der Waals surface area contributed by atoms with Gasteiger partial charge >= 0.3 is 0 Å². The molecule has 1 aromatic rings. The summed E-state index contributed by atoms with van der Waals surface area (Å²) in [6.45, 7) is 6.95. The second-order valence-electron chi connectivity index (χ2n) is 5.84. The van der Waals surface area contributed by atoms with E-state index < -0.39 is 5.60 Å². The minimum Gasteiger partial charge on any atom is -0.490 e. The summed E-state index contributed by atoms with van der Waals surface area (Å²) < 4.78 is 6.00. The number of likely N-dealkylation sites (tertiary alicyclic amines) is 1. The van der Waals surface area contributed by atoms with E-state index in [-0.39, 0.29) is 0 Å². The van der Waals surface area contributed by atoms with E-state index >= 15 is 0 Å². The first kappa shape index (κ1) is 15.3. The number of rotatable bonds is 6. The van der Waals surface area contributed by atoms with E-state index in [0.717, 1.165) is 51.1 Å². The molecule has 0 saturated carbocycles. The van der Waals surface area contributed by atoms with Gasteiger partial charge in [0, 0.05) is 19.6 Å². The molecule has 0 aromatic heterocycles. The molecular formula is C17H27NO2. The number of aliphatic hydroxyl groups is 1. The number of hydrogen-bond acceptors (Lipinski definition) is 3. The van der Waals surface area contributed by atoms with Crippen LogP contribution in [-0.4, -0.2) is 41.3 Å². The lowest BCUT2D eigenvalue weighted by molar-refractivity contribution is -0.0173. The van der Waals surface area contributed by atoms with Gasteiger partial charge < -0.3 is 14.7 Å². The molecule has 1 saturated heterocycles. The third-order valence-corrected chi connectivity index (χ3v) is 4.41. The molecule has 0 bridgehead atoms. The molecule has 3 heteroatoms. The zero-order valence-electron chi connectivity index (χ0n) is 12.7. The van der Waals surface area contributed by atoms with Crippen LogP contribution in [0.3, 0.4) is 0 Å². The number of hydrogen-bond donors (Lipinski definition) is 1. The lowest BCUT2D eigenvalue weighted by Gasteiger charge is -2.37. The highest BCUT2D eigenvalue weighted by atomic mass is 16.5. The molecular weight excluding hydrogens is 250 g/mol. The summed E-state index contributed by atoms with van der Waals surface area (Å²) in [5.41, 5.74) is -0.521. The monoisotopic (exact) mass is 277 g/mol. The molecule has 0 aliphatic carbocycles. The third kappa shape index (κ3) is 4.22. The van der Waals surface area contributed by atoms with Crippen molar-refractivity contribution in [2.24, 2.45) is 0 Å². The Morgan fingerprint density at radius 2 is 1.75 bits per heavy atom. The van der Waals surface area contributed by atoms with Crippen LogP contribution >= 0.6 is 0 Å². The second-order valence-corrected chi connectivity index (χ2v) is 5.84. The first-order valence-electron chi connectivity index (χ1n) is 7.81. The van der Waals surface area contributed by atoms with Gasteiger partial charge in [-0.25, -0.2) is 0 Å². The Labute approximate surface area is 122 Å². The normalized spacial score (nSPS) is 18.1. The van der Waals surface area contributed by atoms with Crippen LogP contribution in [0.1, 0.15) is 39.5 Å². The van der Waals surface area contributed by atoms with E-state index in [9.17, 15) is 5.11 Å². The number of β-amino-alcohol motifs (C(OH)–C–C–N with tert-alkyl or cyclic N) is 1. The first-order chi connectivity index (χ1) is 9.65. The van der Waals surface area contributed by atoms with Gasteiger partial charge in [0.15, 0.2) is 0 Å². The lowest BCUT2D eigenvalue weighted by Crippen LogP contribution is -2.47.